The molecule has 1 aliphatic rings. The lowest BCUT2D eigenvalue weighted by atomic mass is 10.2. The Morgan fingerprint density at radius 2 is 2.03 bits per heavy atom. The minimum Gasteiger partial charge on any atom is -0.489 e. The Labute approximate surface area is 188 Å². The van der Waals surface area contributed by atoms with E-state index in [-0.39, 0.29) is 17.7 Å². The predicted octanol–water partition coefficient (Wildman–Crippen LogP) is 6.07. The summed E-state index contributed by atoms with van der Waals surface area (Å²) in [6.07, 6.45) is 1.91. The maximum Gasteiger partial charge on any atom is 0.270 e. The first-order chi connectivity index (χ1) is 14.3. The van der Waals surface area contributed by atoms with Gasteiger partial charge in [-0.05, 0) is 61.9 Å². The van der Waals surface area contributed by atoms with Crippen molar-refractivity contribution in [2.75, 3.05) is 4.90 Å². The molecule has 0 N–H and O–H groups in total. The number of halogens is 1. The van der Waals surface area contributed by atoms with Gasteiger partial charge in [0.25, 0.3) is 5.91 Å². The largest absolute Gasteiger partial charge is 0.489 e. The summed E-state index contributed by atoms with van der Waals surface area (Å²) in [7, 11) is 0. The zero-order chi connectivity index (χ0) is 21.4. The average molecular weight is 461 g/mol. The first kappa shape index (κ1) is 21.0. The maximum absolute atomic E-state index is 13.2. The molecule has 1 aliphatic carbocycles. The number of hydrogen-bond donors (Lipinski definition) is 0. The van der Waals surface area contributed by atoms with Gasteiger partial charge in [0.15, 0.2) is 10.9 Å². The van der Waals surface area contributed by atoms with Crippen LogP contribution in [0.5, 0.6) is 5.75 Å². The van der Waals surface area contributed by atoms with E-state index in [9.17, 15) is 9.59 Å². The minimum absolute atomic E-state index is 0.0209. The van der Waals surface area contributed by atoms with Crippen LogP contribution in [0.3, 0.4) is 0 Å². The van der Waals surface area contributed by atoms with Gasteiger partial charge in [0.05, 0.1) is 15.4 Å². The third kappa shape index (κ3) is 4.43. The first-order valence-corrected chi connectivity index (χ1v) is 11.7. The number of thiazole rings is 1. The van der Waals surface area contributed by atoms with Crippen LogP contribution < -0.4 is 9.64 Å². The molecule has 0 radical (unpaired) electrons. The zero-order valence-corrected chi connectivity index (χ0v) is 19.3. The number of amides is 1. The molecule has 1 fully saturated rings. The van der Waals surface area contributed by atoms with E-state index in [4.69, 9.17) is 16.3 Å². The summed E-state index contributed by atoms with van der Waals surface area (Å²) < 4.78 is 5.85. The fourth-order valence-electron chi connectivity index (χ4n) is 3.11. The molecule has 156 valence electrons. The van der Waals surface area contributed by atoms with Crippen LogP contribution in [0.4, 0.5) is 5.13 Å². The van der Waals surface area contributed by atoms with Gasteiger partial charge in [0, 0.05) is 23.6 Å². The van der Waals surface area contributed by atoms with E-state index < -0.39 is 0 Å². The molecule has 5 nitrogen and oxygen atoms in total. The molecule has 0 unspecified atom stereocenters. The molecule has 1 aromatic carbocycles. The molecular formula is C22H21ClN2O3S2. The Bertz CT molecular complexity index is 1120. The molecule has 2 aromatic heterocycles. The second-order valence-corrected chi connectivity index (χ2v) is 9.69. The maximum atomic E-state index is 13.2. The lowest BCUT2D eigenvalue weighted by molar-refractivity contribution is 0.0986. The van der Waals surface area contributed by atoms with Crippen molar-refractivity contribution in [2.24, 2.45) is 0 Å². The third-order valence-corrected chi connectivity index (χ3v) is 7.49. The predicted molar refractivity (Wildman–Crippen MR) is 122 cm³/mol. The van der Waals surface area contributed by atoms with Crippen molar-refractivity contribution >= 4 is 51.1 Å². The second kappa shape index (κ2) is 8.49. The average Bonchev–Trinajstić information content (AvgIpc) is 3.28. The number of aryl methyl sites for hydroxylation is 2. The van der Waals surface area contributed by atoms with E-state index >= 15 is 0 Å². The number of aromatic nitrogens is 1. The molecular weight excluding hydrogens is 440 g/mol. The van der Waals surface area contributed by atoms with Crippen molar-refractivity contribution in [3.8, 4) is 5.75 Å². The van der Waals surface area contributed by atoms with Crippen LogP contribution in [0, 0.1) is 13.8 Å². The van der Waals surface area contributed by atoms with Gasteiger partial charge in [-0.1, -0.05) is 22.9 Å². The topological polar surface area (TPSA) is 59.5 Å². The number of thiophene rings is 1. The third-order valence-electron chi connectivity index (χ3n) is 4.84. The van der Waals surface area contributed by atoms with Crippen molar-refractivity contribution in [2.45, 2.75) is 46.3 Å². The standard InChI is InChI=1S/C22H21ClN2O3S2/c1-12-8-17(6-7-18(12)23)28-10-15-9-19(29-11-15)21(27)25(16-4-5-16)22-24-13(2)20(30-22)14(3)26/h6-9,11,16H,4-5,10H2,1-3H3. The molecule has 4 rings (SSSR count). The number of ether oxygens (including phenoxy) is 1. The smallest absolute Gasteiger partial charge is 0.270 e. The summed E-state index contributed by atoms with van der Waals surface area (Å²) >= 11 is 8.76. The molecule has 0 bridgehead atoms. The number of rotatable bonds is 7. The summed E-state index contributed by atoms with van der Waals surface area (Å²) in [5, 5.41) is 3.25. The Hall–Kier alpha value is -2.22. The number of carbonyl (C=O) groups is 2. The highest BCUT2D eigenvalue weighted by atomic mass is 35.5. The van der Waals surface area contributed by atoms with Crippen LogP contribution in [-0.2, 0) is 6.61 Å². The van der Waals surface area contributed by atoms with Gasteiger partial charge < -0.3 is 4.74 Å². The van der Waals surface area contributed by atoms with Crippen molar-refractivity contribution in [1.82, 2.24) is 4.98 Å². The molecule has 0 aliphatic heterocycles. The van der Waals surface area contributed by atoms with Gasteiger partial charge in [-0.25, -0.2) is 4.98 Å². The van der Waals surface area contributed by atoms with Crippen LogP contribution in [0.15, 0.2) is 29.6 Å². The lowest BCUT2D eigenvalue weighted by Crippen LogP contribution is -2.32. The Morgan fingerprint density at radius 3 is 2.67 bits per heavy atom. The van der Waals surface area contributed by atoms with Crippen molar-refractivity contribution in [3.05, 3.63) is 61.2 Å². The summed E-state index contributed by atoms with van der Waals surface area (Å²) in [6, 6.07) is 7.57. The molecule has 1 saturated carbocycles. The quantitative estimate of drug-likeness (QED) is 0.402. The molecule has 8 heteroatoms. The fourth-order valence-corrected chi connectivity index (χ4v) is 5.09. The monoisotopic (exact) mass is 460 g/mol. The number of benzene rings is 1. The molecule has 0 atom stereocenters. The van der Waals surface area contributed by atoms with Crippen LogP contribution in [-0.4, -0.2) is 22.7 Å². The Kier molecular flexibility index (Phi) is 5.95. The highest BCUT2D eigenvalue weighted by Gasteiger charge is 2.37. The normalized spacial score (nSPS) is 13.3. The molecule has 2 heterocycles. The minimum atomic E-state index is -0.0695. The van der Waals surface area contributed by atoms with Crippen molar-refractivity contribution < 1.29 is 14.3 Å². The molecule has 0 spiro atoms. The van der Waals surface area contributed by atoms with Crippen LogP contribution in [0.2, 0.25) is 5.02 Å². The van der Waals surface area contributed by atoms with Crippen molar-refractivity contribution in [1.29, 1.82) is 0 Å². The lowest BCUT2D eigenvalue weighted by Gasteiger charge is -2.18. The van der Waals surface area contributed by atoms with Gasteiger partial charge in [0.1, 0.15) is 12.4 Å². The van der Waals surface area contributed by atoms with Gasteiger partial charge in [0.2, 0.25) is 0 Å². The van der Waals surface area contributed by atoms with Crippen LogP contribution in [0.1, 0.15) is 55.9 Å². The second-order valence-electron chi connectivity index (χ2n) is 7.39. The number of Topliss-reactive ketones (excluding diaryl/α,β-unsaturated/α-hetero) is 1. The van der Waals surface area contributed by atoms with Crippen molar-refractivity contribution in [3.63, 3.8) is 0 Å². The number of ketones is 1. The molecule has 1 amide bonds. The van der Waals surface area contributed by atoms with Gasteiger partial charge in [-0.2, -0.15) is 0 Å². The van der Waals surface area contributed by atoms with Gasteiger partial charge in [-0.3, -0.25) is 14.5 Å². The van der Waals surface area contributed by atoms with E-state index in [0.717, 1.165) is 29.7 Å². The Balaban J connectivity index is 1.50. The summed E-state index contributed by atoms with van der Waals surface area (Å²) in [5.41, 5.74) is 2.57. The number of anilines is 1. The number of hydrogen-bond acceptors (Lipinski definition) is 6. The highest BCUT2D eigenvalue weighted by Crippen LogP contribution is 2.37. The van der Waals surface area contributed by atoms with Crippen LogP contribution in [0.25, 0.3) is 0 Å². The first-order valence-electron chi connectivity index (χ1n) is 9.61. The summed E-state index contributed by atoms with van der Waals surface area (Å²) in [5.74, 6) is 0.651. The summed E-state index contributed by atoms with van der Waals surface area (Å²) in [4.78, 5) is 32.6. The van der Waals surface area contributed by atoms with Gasteiger partial charge in [-0.15, -0.1) is 11.3 Å². The van der Waals surface area contributed by atoms with Crippen LogP contribution >= 0.6 is 34.3 Å². The SMILES string of the molecule is CC(=O)c1sc(N(C(=O)c2cc(COc3ccc(Cl)c(C)c3)cs2)C2CC2)nc1C. The number of nitrogens with zero attached hydrogens (tertiary/aromatic N) is 2. The number of carbonyl (C=O) groups excluding carboxylic acids is 2. The van der Waals surface area contributed by atoms with E-state index in [1.54, 1.807) is 4.90 Å². The highest BCUT2D eigenvalue weighted by molar-refractivity contribution is 7.18. The van der Waals surface area contributed by atoms with E-state index in [1.165, 1.54) is 29.6 Å². The van der Waals surface area contributed by atoms with Gasteiger partial charge >= 0.3 is 0 Å². The van der Waals surface area contributed by atoms with E-state index in [2.05, 4.69) is 4.98 Å². The molecule has 0 saturated heterocycles. The van der Waals surface area contributed by atoms with E-state index in [0.29, 0.717) is 32.2 Å². The molecule has 3 aromatic rings. The zero-order valence-electron chi connectivity index (χ0n) is 16.9. The van der Waals surface area contributed by atoms with E-state index in [1.807, 2.05) is 43.5 Å². The Morgan fingerprint density at radius 1 is 1.27 bits per heavy atom. The fraction of sp³-hybridized carbons (Fsp3) is 0.318. The summed E-state index contributed by atoms with van der Waals surface area (Å²) in [6.45, 7) is 5.65. The molecule has 30 heavy (non-hydrogen) atoms.